The van der Waals surface area contributed by atoms with Crippen molar-refractivity contribution in [1.82, 2.24) is 0 Å². The molecule has 92 valence electrons. The van der Waals surface area contributed by atoms with E-state index < -0.39 is 0 Å². The van der Waals surface area contributed by atoms with Gasteiger partial charge in [-0.1, -0.05) is 31.2 Å². The molecule has 0 aromatic heterocycles. The first-order chi connectivity index (χ1) is 8.20. The van der Waals surface area contributed by atoms with E-state index in [1.165, 1.54) is 18.9 Å². The fraction of sp³-hybridized carbons (Fsp3) is 0.462. The van der Waals surface area contributed by atoms with Gasteiger partial charge in [-0.05, 0) is 25.5 Å². The maximum atomic E-state index is 13.4. The average molecular weight is 252 g/mol. The minimum Gasteiger partial charge on any atom is -0.335 e. The highest BCUT2D eigenvalue weighted by Crippen LogP contribution is 2.27. The highest BCUT2D eigenvalue weighted by molar-refractivity contribution is 8.15. The lowest BCUT2D eigenvalue weighted by Gasteiger charge is -2.10. The predicted molar refractivity (Wildman–Crippen MR) is 73.3 cm³/mol. The number of anilines is 1. The van der Waals surface area contributed by atoms with Crippen molar-refractivity contribution in [2.75, 3.05) is 11.9 Å². The Hall–Kier alpha value is -1.03. The molecular formula is C13H17FN2S. The Kier molecular flexibility index (Phi) is 4.05. The van der Waals surface area contributed by atoms with Crippen molar-refractivity contribution in [3.8, 4) is 0 Å². The van der Waals surface area contributed by atoms with Crippen molar-refractivity contribution < 1.29 is 4.39 Å². The van der Waals surface area contributed by atoms with Gasteiger partial charge in [0.15, 0.2) is 5.17 Å². The molecule has 2 rings (SSSR count). The molecule has 1 N–H and O–H groups in total. The third-order valence-corrected chi connectivity index (χ3v) is 4.01. The third-order valence-electron chi connectivity index (χ3n) is 2.84. The van der Waals surface area contributed by atoms with E-state index in [1.54, 1.807) is 24.8 Å². The Bertz CT molecular complexity index is 431. The molecule has 0 bridgehead atoms. The minimum absolute atomic E-state index is 0.177. The Balaban J connectivity index is 2.01. The number of halogens is 1. The SMILES string of the molecule is CCCC1CN=C(Nc2cccc(F)c2C)S1. The summed E-state index contributed by atoms with van der Waals surface area (Å²) in [6.45, 7) is 4.83. The number of hydrogen-bond acceptors (Lipinski definition) is 3. The Morgan fingerprint density at radius 3 is 3.12 bits per heavy atom. The van der Waals surface area contributed by atoms with Crippen molar-refractivity contribution in [3.63, 3.8) is 0 Å². The van der Waals surface area contributed by atoms with E-state index in [9.17, 15) is 4.39 Å². The van der Waals surface area contributed by atoms with Crippen LogP contribution < -0.4 is 5.32 Å². The molecule has 17 heavy (non-hydrogen) atoms. The molecule has 0 saturated heterocycles. The van der Waals surface area contributed by atoms with Crippen LogP contribution >= 0.6 is 11.8 Å². The predicted octanol–water partition coefficient (Wildman–Crippen LogP) is 3.82. The van der Waals surface area contributed by atoms with E-state index in [2.05, 4.69) is 17.2 Å². The quantitative estimate of drug-likeness (QED) is 0.884. The van der Waals surface area contributed by atoms with Gasteiger partial charge in [0.1, 0.15) is 5.82 Å². The highest BCUT2D eigenvalue weighted by atomic mass is 32.2. The number of nitrogens with one attached hydrogen (secondary N) is 1. The summed E-state index contributed by atoms with van der Waals surface area (Å²) < 4.78 is 13.4. The van der Waals surface area contributed by atoms with Gasteiger partial charge in [0.25, 0.3) is 0 Å². The first-order valence-electron chi connectivity index (χ1n) is 5.94. The molecule has 0 amide bonds. The zero-order chi connectivity index (χ0) is 12.3. The van der Waals surface area contributed by atoms with Gasteiger partial charge in [0.05, 0.1) is 6.54 Å². The van der Waals surface area contributed by atoms with Crippen molar-refractivity contribution in [2.24, 2.45) is 4.99 Å². The van der Waals surface area contributed by atoms with Gasteiger partial charge in [-0.2, -0.15) is 0 Å². The summed E-state index contributed by atoms with van der Waals surface area (Å²) in [7, 11) is 0. The van der Waals surface area contributed by atoms with E-state index in [-0.39, 0.29) is 5.82 Å². The van der Waals surface area contributed by atoms with Gasteiger partial charge >= 0.3 is 0 Å². The van der Waals surface area contributed by atoms with Crippen LogP contribution in [0.3, 0.4) is 0 Å². The van der Waals surface area contributed by atoms with Gasteiger partial charge in [0, 0.05) is 16.5 Å². The number of aliphatic imine (C=N–C) groups is 1. The molecule has 1 unspecified atom stereocenters. The number of thioether (sulfide) groups is 1. The maximum absolute atomic E-state index is 13.4. The number of amidine groups is 1. The van der Waals surface area contributed by atoms with Crippen LogP contribution in [0.4, 0.5) is 10.1 Å². The minimum atomic E-state index is -0.177. The van der Waals surface area contributed by atoms with E-state index >= 15 is 0 Å². The highest BCUT2D eigenvalue weighted by Gasteiger charge is 2.19. The van der Waals surface area contributed by atoms with E-state index in [1.807, 2.05) is 6.07 Å². The van der Waals surface area contributed by atoms with Crippen LogP contribution in [-0.4, -0.2) is 17.0 Å². The Morgan fingerprint density at radius 2 is 2.35 bits per heavy atom. The summed E-state index contributed by atoms with van der Waals surface area (Å²) >= 11 is 1.76. The van der Waals surface area contributed by atoms with Crippen LogP contribution in [0.25, 0.3) is 0 Å². The molecule has 0 radical (unpaired) electrons. The fourth-order valence-corrected chi connectivity index (χ4v) is 2.95. The molecule has 1 aromatic carbocycles. The fourth-order valence-electron chi connectivity index (χ4n) is 1.82. The van der Waals surface area contributed by atoms with Crippen LogP contribution in [0.1, 0.15) is 25.3 Å². The molecule has 1 aliphatic rings. The molecule has 0 saturated carbocycles. The van der Waals surface area contributed by atoms with Crippen LogP contribution in [0.5, 0.6) is 0 Å². The molecule has 0 fully saturated rings. The largest absolute Gasteiger partial charge is 0.335 e. The summed E-state index contributed by atoms with van der Waals surface area (Å²) in [6.07, 6.45) is 2.36. The van der Waals surface area contributed by atoms with E-state index in [0.29, 0.717) is 10.8 Å². The second-order valence-corrected chi connectivity index (χ2v) is 5.50. The molecule has 1 aromatic rings. The first kappa shape index (κ1) is 12.4. The van der Waals surface area contributed by atoms with Crippen molar-refractivity contribution in [1.29, 1.82) is 0 Å². The molecule has 4 heteroatoms. The van der Waals surface area contributed by atoms with Crippen LogP contribution in [0.15, 0.2) is 23.2 Å². The van der Waals surface area contributed by atoms with Crippen LogP contribution in [0, 0.1) is 12.7 Å². The summed E-state index contributed by atoms with van der Waals surface area (Å²) in [5.74, 6) is -0.177. The standard InChI is InChI=1S/C13H17FN2S/c1-3-5-10-8-15-13(17-10)16-12-7-4-6-11(14)9(12)2/h4,6-7,10H,3,5,8H2,1-2H3,(H,15,16). The molecule has 0 aliphatic carbocycles. The number of benzene rings is 1. The normalized spacial score (nSPS) is 19.2. The number of hydrogen-bond donors (Lipinski definition) is 1. The molecule has 1 atom stereocenters. The lowest BCUT2D eigenvalue weighted by Crippen LogP contribution is -2.08. The van der Waals surface area contributed by atoms with Crippen LogP contribution in [0.2, 0.25) is 0 Å². The summed E-state index contributed by atoms with van der Waals surface area (Å²) in [4.78, 5) is 4.45. The smallest absolute Gasteiger partial charge is 0.161 e. The topological polar surface area (TPSA) is 24.4 Å². The lowest BCUT2D eigenvalue weighted by molar-refractivity contribution is 0.619. The zero-order valence-corrected chi connectivity index (χ0v) is 11.0. The summed E-state index contributed by atoms with van der Waals surface area (Å²) in [5.41, 5.74) is 1.46. The van der Waals surface area contributed by atoms with E-state index in [4.69, 9.17) is 0 Å². The monoisotopic (exact) mass is 252 g/mol. The van der Waals surface area contributed by atoms with Gasteiger partial charge in [-0.3, -0.25) is 4.99 Å². The van der Waals surface area contributed by atoms with Crippen molar-refractivity contribution in [2.45, 2.75) is 31.9 Å². The molecule has 1 heterocycles. The first-order valence-corrected chi connectivity index (χ1v) is 6.82. The molecule has 2 nitrogen and oxygen atoms in total. The summed E-state index contributed by atoms with van der Waals surface area (Å²) in [6, 6.07) is 5.08. The van der Waals surface area contributed by atoms with Crippen LogP contribution in [-0.2, 0) is 0 Å². The number of nitrogens with zero attached hydrogens (tertiary/aromatic N) is 1. The molecule has 1 aliphatic heterocycles. The van der Waals surface area contributed by atoms with Gasteiger partial charge in [-0.15, -0.1) is 0 Å². The number of rotatable bonds is 3. The average Bonchev–Trinajstić information content (AvgIpc) is 2.73. The lowest BCUT2D eigenvalue weighted by atomic mass is 10.2. The van der Waals surface area contributed by atoms with Gasteiger partial charge in [-0.25, -0.2) is 4.39 Å². The third kappa shape index (κ3) is 3.00. The Morgan fingerprint density at radius 1 is 1.53 bits per heavy atom. The Labute approximate surface area is 106 Å². The molecular weight excluding hydrogens is 235 g/mol. The second-order valence-electron chi connectivity index (χ2n) is 4.21. The second kappa shape index (κ2) is 5.54. The van der Waals surface area contributed by atoms with E-state index in [0.717, 1.165) is 17.4 Å². The van der Waals surface area contributed by atoms with Crippen molar-refractivity contribution >= 4 is 22.6 Å². The summed E-state index contributed by atoms with van der Waals surface area (Å²) in [5, 5.41) is 4.71. The van der Waals surface area contributed by atoms with Crippen molar-refractivity contribution in [3.05, 3.63) is 29.6 Å². The molecule has 0 spiro atoms. The maximum Gasteiger partial charge on any atom is 0.161 e. The zero-order valence-electron chi connectivity index (χ0n) is 10.2. The van der Waals surface area contributed by atoms with Gasteiger partial charge < -0.3 is 5.32 Å². The van der Waals surface area contributed by atoms with Gasteiger partial charge in [0.2, 0.25) is 0 Å².